The topological polar surface area (TPSA) is 105 Å². The first-order chi connectivity index (χ1) is 13.4. The van der Waals surface area contributed by atoms with Crippen LogP contribution in [0.25, 0.3) is 0 Å². The highest BCUT2D eigenvalue weighted by molar-refractivity contribution is 7.99. The second-order valence-electron chi connectivity index (χ2n) is 5.87. The molecule has 1 aromatic carbocycles. The number of hydrogen-bond acceptors (Lipinski definition) is 5. The highest BCUT2D eigenvalue weighted by Gasteiger charge is 2.17. The summed E-state index contributed by atoms with van der Waals surface area (Å²) in [7, 11) is 0. The minimum absolute atomic E-state index is 0.0682. The molecule has 2 rings (SSSR count). The molecule has 1 aromatic heterocycles. The molecular weight excluding hydrogens is 380 g/mol. The van der Waals surface area contributed by atoms with E-state index in [9.17, 15) is 19.6 Å². The molecule has 0 aliphatic heterocycles. The molecule has 1 heterocycles. The number of carbonyl (C=O) groups excluding carboxylic acids is 3. The van der Waals surface area contributed by atoms with Gasteiger partial charge in [0.1, 0.15) is 0 Å². The second kappa shape index (κ2) is 10.3. The number of nitrogens with one attached hydrogen (secondary N) is 2. The summed E-state index contributed by atoms with van der Waals surface area (Å²) in [6.45, 7) is 3.49. The molecule has 0 fully saturated rings. The Kier molecular flexibility index (Phi) is 7.82. The first-order valence-electron chi connectivity index (χ1n) is 8.65. The molecular formula is C19H22N4O4S. The van der Waals surface area contributed by atoms with Gasteiger partial charge >= 0.3 is 0 Å². The van der Waals surface area contributed by atoms with E-state index in [1.165, 1.54) is 18.0 Å². The van der Waals surface area contributed by atoms with Crippen LogP contribution in [0.15, 0.2) is 53.7 Å². The van der Waals surface area contributed by atoms with Gasteiger partial charge in [0.15, 0.2) is 6.20 Å². The summed E-state index contributed by atoms with van der Waals surface area (Å²) < 4.78 is 0.700. The lowest BCUT2D eigenvalue weighted by Crippen LogP contribution is -2.39. The lowest BCUT2D eigenvalue weighted by atomic mass is 10.2. The SMILES string of the molecule is CCN(CC(=O)Nc1ccc(NC(C)=O)cc1)C(=O)CSc1cccc[n+]1[O-]. The third-order valence-corrected chi connectivity index (χ3v) is 4.69. The maximum absolute atomic E-state index is 12.4. The molecule has 148 valence electrons. The summed E-state index contributed by atoms with van der Waals surface area (Å²) in [6, 6.07) is 11.7. The van der Waals surface area contributed by atoms with Crippen LogP contribution in [0.1, 0.15) is 13.8 Å². The number of carbonyl (C=O) groups is 3. The fraction of sp³-hybridized carbons (Fsp3) is 0.263. The summed E-state index contributed by atoms with van der Waals surface area (Å²) in [5.74, 6) is -0.665. The molecule has 3 amide bonds. The lowest BCUT2D eigenvalue weighted by molar-refractivity contribution is -0.645. The van der Waals surface area contributed by atoms with Gasteiger partial charge in [-0.3, -0.25) is 14.4 Å². The molecule has 2 N–H and O–H groups in total. The van der Waals surface area contributed by atoms with Gasteiger partial charge in [-0.25, -0.2) is 0 Å². The number of nitrogens with zero attached hydrogens (tertiary/aromatic N) is 2. The number of likely N-dealkylation sites (N-methyl/N-ethyl adjacent to an activating group) is 1. The molecule has 0 saturated carbocycles. The van der Waals surface area contributed by atoms with Crippen molar-refractivity contribution in [3.8, 4) is 0 Å². The van der Waals surface area contributed by atoms with Crippen molar-refractivity contribution in [3.05, 3.63) is 53.9 Å². The summed E-state index contributed by atoms with van der Waals surface area (Å²) in [5.41, 5.74) is 1.19. The van der Waals surface area contributed by atoms with E-state index in [0.717, 1.165) is 11.8 Å². The van der Waals surface area contributed by atoms with Crippen LogP contribution in [-0.4, -0.2) is 41.5 Å². The molecule has 0 aliphatic carbocycles. The van der Waals surface area contributed by atoms with Crippen LogP contribution in [0.2, 0.25) is 0 Å². The normalized spacial score (nSPS) is 10.2. The van der Waals surface area contributed by atoms with Crippen molar-refractivity contribution in [1.82, 2.24) is 4.90 Å². The second-order valence-corrected chi connectivity index (χ2v) is 6.86. The monoisotopic (exact) mass is 402 g/mol. The Labute approximate surface area is 167 Å². The maximum atomic E-state index is 12.4. The van der Waals surface area contributed by atoms with E-state index >= 15 is 0 Å². The van der Waals surface area contributed by atoms with Crippen molar-refractivity contribution >= 4 is 40.9 Å². The molecule has 0 aliphatic rings. The third-order valence-electron chi connectivity index (χ3n) is 3.69. The Morgan fingerprint density at radius 1 is 1.07 bits per heavy atom. The first-order valence-corrected chi connectivity index (χ1v) is 9.64. The molecule has 2 aromatic rings. The van der Waals surface area contributed by atoms with Crippen molar-refractivity contribution in [3.63, 3.8) is 0 Å². The van der Waals surface area contributed by atoms with Gasteiger partial charge in [-0.1, -0.05) is 0 Å². The summed E-state index contributed by atoms with van der Waals surface area (Å²) >= 11 is 1.13. The zero-order valence-corrected chi connectivity index (χ0v) is 16.5. The van der Waals surface area contributed by atoms with Gasteiger partial charge in [-0.15, -0.1) is 0 Å². The Balaban J connectivity index is 1.87. The van der Waals surface area contributed by atoms with Crippen LogP contribution in [0.5, 0.6) is 0 Å². The minimum atomic E-state index is -0.328. The first kappa shape index (κ1) is 21.2. The van der Waals surface area contributed by atoms with Gasteiger partial charge in [0.05, 0.1) is 12.3 Å². The Morgan fingerprint density at radius 2 is 1.71 bits per heavy atom. The number of benzene rings is 1. The summed E-state index contributed by atoms with van der Waals surface area (Å²) in [6.07, 6.45) is 1.37. The van der Waals surface area contributed by atoms with Crippen molar-refractivity contribution in [1.29, 1.82) is 0 Å². The van der Waals surface area contributed by atoms with E-state index in [0.29, 0.717) is 27.7 Å². The number of pyridine rings is 1. The predicted molar refractivity (Wildman–Crippen MR) is 108 cm³/mol. The van der Waals surface area contributed by atoms with Crippen LogP contribution in [0, 0.1) is 5.21 Å². The number of amides is 3. The van der Waals surface area contributed by atoms with E-state index in [-0.39, 0.29) is 30.0 Å². The largest absolute Gasteiger partial charge is 0.618 e. The minimum Gasteiger partial charge on any atom is -0.618 e. The maximum Gasteiger partial charge on any atom is 0.251 e. The Morgan fingerprint density at radius 3 is 2.29 bits per heavy atom. The molecule has 9 heteroatoms. The highest BCUT2D eigenvalue weighted by Crippen LogP contribution is 2.15. The summed E-state index contributed by atoms with van der Waals surface area (Å²) in [5, 5.41) is 17.4. The molecule has 0 radical (unpaired) electrons. The predicted octanol–water partition coefficient (Wildman–Crippen LogP) is 1.86. The molecule has 0 spiro atoms. The number of rotatable bonds is 8. The van der Waals surface area contributed by atoms with Crippen LogP contribution in [0.4, 0.5) is 11.4 Å². The van der Waals surface area contributed by atoms with Gasteiger partial charge in [-0.05, 0) is 49.0 Å². The average molecular weight is 402 g/mol. The van der Waals surface area contributed by atoms with Crippen LogP contribution in [-0.2, 0) is 14.4 Å². The molecule has 0 saturated heterocycles. The summed E-state index contributed by atoms with van der Waals surface area (Å²) in [4.78, 5) is 37.0. The van der Waals surface area contributed by atoms with Gasteiger partial charge in [0.2, 0.25) is 17.7 Å². The number of anilines is 2. The average Bonchev–Trinajstić information content (AvgIpc) is 2.66. The number of hydrogen-bond donors (Lipinski definition) is 2. The molecule has 0 unspecified atom stereocenters. The quantitative estimate of drug-likeness (QED) is 0.398. The number of aromatic nitrogens is 1. The van der Waals surface area contributed by atoms with Crippen LogP contribution >= 0.6 is 11.8 Å². The fourth-order valence-electron chi connectivity index (χ4n) is 2.34. The van der Waals surface area contributed by atoms with Crippen LogP contribution < -0.4 is 15.4 Å². The molecule has 0 bridgehead atoms. The van der Waals surface area contributed by atoms with E-state index in [2.05, 4.69) is 10.6 Å². The van der Waals surface area contributed by atoms with Crippen molar-refractivity contribution in [2.24, 2.45) is 0 Å². The van der Waals surface area contributed by atoms with Crippen LogP contribution in [0.3, 0.4) is 0 Å². The zero-order chi connectivity index (χ0) is 20.5. The van der Waals surface area contributed by atoms with E-state index in [1.54, 1.807) is 49.4 Å². The van der Waals surface area contributed by atoms with Gasteiger partial charge in [0.25, 0.3) is 5.03 Å². The number of thioether (sulfide) groups is 1. The van der Waals surface area contributed by atoms with Gasteiger partial charge < -0.3 is 20.7 Å². The Hall–Kier alpha value is -3.07. The van der Waals surface area contributed by atoms with Crippen molar-refractivity contribution < 1.29 is 19.1 Å². The molecule has 8 nitrogen and oxygen atoms in total. The standard InChI is InChI=1S/C19H22N4O4S/c1-3-22(18(26)13-28-19-6-4-5-11-23(19)27)12-17(25)21-16-9-7-15(8-10-16)20-14(2)24/h4-11H,3,12-13H2,1-2H3,(H,20,24)(H,21,25). The van der Waals surface area contributed by atoms with E-state index in [4.69, 9.17) is 0 Å². The highest BCUT2D eigenvalue weighted by atomic mass is 32.2. The fourth-order valence-corrected chi connectivity index (χ4v) is 3.16. The van der Waals surface area contributed by atoms with Gasteiger partial charge in [-0.2, -0.15) is 4.73 Å². The van der Waals surface area contributed by atoms with Crippen molar-refractivity contribution in [2.45, 2.75) is 18.9 Å². The van der Waals surface area contributed by atoms with E-state index in [1.807, 2.05) is 0 Å². The lowest BCUT2D eigenvalue weighted by Gasteiger charge is -2.20. The van der Waals surface area contributed by atoms with E-state index < -0.39 is 0 Å². The molecule has 28 heavy (non-hydrogen) atoms. The van der Waals surface area contributed by atoms with Crippen molar-refractivity contribution in [2.75, 3.05) is 29.5 Å². The third kappa shape index (κ3) is 6.58. The van der Waals surface area contributed by atoms with Gasteiger partial charge in [0, 0.05) is 37.0 Å². The molecule has 0 atom stereocenters. The Bertz CT molecular complexity index is 842. The smallest absolute Gasteiger partial charge is 0.251 e. The zero-order valence-electron chi connectivity index (χ0n) is 15.7.